The summed E-state index contributed by atoms with van der Waals surface area (Å²) in [7, 11) is 0. The molecule has 8 heteroatoms. The summed E-state index contributed by atoms with van der Waals surface area (Å²) in [6.45, 7) is 0. The molecule has 1 aliphatic rings. The molecule has 0 spiro atoms. The highest BCUT2D eigenvalue weighted by atomic mass is 35.5. The van der Waals surface area contributed by atoms with Crippen LogP contribution < -0.4 is 16.0 Å². The van der Waals surface area contributed by atoms with Gasteiger partial charge in [-0.1, -0.05) is 17.7 Å². The largest absolute Gasteiger partial charge is 0.366 e. The summed E-state index contributed by atoms with van der Waals surface area (Å²) in [6, 6.07) is 10.5. The van der Waals surface area contributed by atoms with Gasteiger partial charge < -0.3 is 11.1 Å². The molecule has 0 bridgehead atoms. The second-order valence-electron chi connectivity index (χ2n) is 5.69. The Labute approximate surface area is 153 Å². The maximum Gasteiger partial charge on any atom is 0.255 e. The molecule has 132 valence electrons. The maximum atomic E-state index is 12.4. The van der Waals surface area contributed by atoms with Gasteiger partial charge in [0.15, 0.2) is 0 Å². The Kier molecular flexibility index (Phi) is 4.73. The van der Waals surface area contributed by atoms with Crippen molar-refractivity contribution in [3.63, 3.8) is 0 Å². The number of nitrogens with one attached hydrogen (secondary N) is 1. The van der Waals surface area contributed by atoms with E-state index in [9.17, 15) is 19.2 Å². The molecule has 3 rings (SSSR count). The third-order valence-electron chi connectivity index (χ3n) is 3.91. The first-order chi connectivity index (χ1) is 12.4. The quantitative estimate of drug-likeness (QED) is 0.804. The van der Waals surface area contributed by atoms with E-state index in [0.717, 1.165) is 4.90 Å². The fraction of sp³-hybridized carbons (Fsp3) is 0.111. The third kappa shape index (κ3) is 3.43. The smallest absolute Gasteiger partial charge is 0.255 e. The van der Waals surface area contributed by atoms with Gasteiger partial charge >= 0.3 is 0 Å². The molecule has 1 heterocycles. The van der Waals surface area contributed by atoms with Gasteiger partial charge in [-0.15, -0.1) is 0 Å². The van der Waals surface area contributed by atoms with Crippen LogP contribution in [0.5, 0.6) is 0 Å². The second kappa shape index (κ2) is 6.97. The highest BCUT2D eigenvalue weighted by molar-refractivity contribution is 6.34. The topological polar surface area (TPSA) is 110 Å². The lowest BCUT2D eigenvalue weighted by atomic mass is 10.1. The average molecular weight is 372 g/mol. The molecule has 3 N–H and O–H groups in total. The number of halogens is 1. The summed E-state index contributed by atoms with van der Waals surface area (Å²) in [5.41, 5.74) is 6.34. The highest BCUT2D eigenvalue weighted by Crippen LogP contribution is 2.25. The minimum absolute atomic E-state index is 0.123. The Hall–Kier alpha value is -3.19. The molecule has 0 atom stereocenters. The van der Waals surface area contributed by atoms with Gasteiger partial charge in [0.2, 0.25) is 17.7 Å². The second-order valence-corrected chi connectivity index (χ2v) is 6.09. The molecular weight excluding hydrogens is 358 g/mol. The Bertz CT molecular complexity index is 926. The Morgan fingerprint density at radius 3 is 2.35 bits per heavy atom. The van der Waals surface area contributed by atoms with E-state index in [0.29, 0.717) is 11.4 Å². The summed E-state index contributed by atoms with van der Waals surface area (Å²) in [4.78, 5) is 48.4. The Balaban J connectivity index is 1.81. The fourth-order valence-corrected chi connectivity index (χ4v) is 2.92. The summed E-state index contributed by atoms with van der Waals surface area (Å²) < 4.78 is 0. The molecular formula is C18H14ClN3O4. The van der Waals surface area contributed by atoms with Gasteiger partial charge in [-0.3, -0.25) is 24.1 Å². The number of hydrogen-bond donors (Lipinski definition) is 2. The van der Waals surface area contributed by atoms with E-state index in [-0.39, 0.29) is 40.8 Å². The van der Waals surface area contributed by atoms with Crippen LogP contribution in [0.25, 0.3) is 0 Å². The number of nitrogens with zero attached hydrogens (tertiary/aromatic N) is 1. The number of benzene rings is 2. The first-order valence-corrected chi connectivity index (χ1v) is 8.11. The number of anilines is 2. The van der Waals surface area contributed by atoms with Gasteiger partial charge in [-0.05, 0) is 36.4 Å². The van der Waals surface area contributed by atoms with E-state index in [1.54, 1.807) is 18.2 Å². The molecule has 0 aliphatic carbocycles. The monoisotopic (exact) mass is 371 g/mol. The van der Waals surface area contributed by atoms with Crippen molar-refractivity contribution in [2.24, 2.45) is 5.73 Å². The van der Waals surface area contributed by atoms with E-state index < -0.39 is 11.8 Å². The summed E-state index contributed by atoms with van der Waals surface area (Å²) in [6.07, 6.45) is 0.333. The van der Waals surface area contributed by atoms with Crippen molar-refractivity contribution >= 4 is 46.6 Å². The zero-order valence-corrected chi connectivity index (χ0v) is 14.2. The van der Waals surface area contributed by atoms with Gasteiger partial charge in [0.25, 0.3) is 5.91 Å². The first-order valence-electron chi connectivity index (χ1n) is 7.73. The third-order valence-corrected chi connectivity index (χ3v) is 4.22. The van der Waals surface area contributed by atoms with Gasteiger partial charge in [0, 0.05) is 24.1 Å². The van der Waals surface area contributed by atoms with Crippen LogP contribution in [0.4, 0.5) is 11.4 Å². The van der Waals surface area contributed by atoms with Gasteiger partial charge in [-0.25, -0.2) is 0 Å². The molecule has 0 radical (unpaired) electrons. The van der Waals surface area contributed by atoms with Crippen molar-refractivity contribution in [2.75, 3.05) is 10.2 Å². The predicted molar refractivity (Wildman–Crippen MR) is 96.1 cm³/mol. The number of amides is 4. The fourth-order valence-electron chi connectivity index (χ4n) is 2.65. The van der Waals surface area contributed by atoms with E-state index >= 15 is 0 Å². The SMILES string of the molecule is NC(=O)c1ccc(NC(=O)c2cccc(N3C(=O)CCC3=O)c2)cc1Cl. The number of imide groups is 1. The van der Waals surface area contributed by atoms with Crippen molar-refractivity contribution < 1.29 is 19.2 Å². The number of carbonyl (C=O) groups excluding carboxylic acids is 4. The average Bonchev–Trinajstić information content (AvgIpc) is 2.93. The van der Waals surface area contributed by atoms with Crippen LogP contribution >= 0.6 is 11.6 Å². The van der Waals surface area contributed by atoms with E-state index in [4.69, 9.17) is 17.3 Å². The van der Waals surface area contributed by atoms with E-state index in [2.05, 4.69) is 5.32 Å². The molecule has 7 nitrogen and oxygen atoms in total. The van der Waals surface area contributed by atoms with Gasteiger partial charge in [0.1, 0.15) is 0 Å². The van der Waals surface area contributed by atoms with Crippen molar-refractivity contribution in [1.29, 1.82) is 0 Å². The molecule has 0 unspecified atom stereocenters. The number of carbonyl (C=O) groups is 4. The highest BCUT2D eigenvalue weighted by Gasteiger charge is 2.30. The van der Waals surface area contributed by atoms with Crippen molar-refractivity contribution in [3.05, 3.63) is 58.6 Å². The molecule has 0 aromatic heterocycles. The van der Waals surface area contributed by atoms with Crippen LogP contribution in [0.1, 0.15) is 33.6 Å². The van der Waals surface area contributed by atoms with Gasteiger partial charge in [-0.2, -0.15) is 0 Å². The minimum Gasteiger partial charge on any atom is -0.366 e. The van der Waals surface area contributed by atoms with E-state index in [1.165, 1.54) is 24.3 Å². The molecule has 2 aromatic rings. The van der Waals surface area contributed by atoms with E-state index in [1.807, 2.05) is 0 Å². The molecule has 2 aromatic carbocycles. The Morgan fingerprint density at radius 2 is 1.73 bits per heavy atom. The number of primary amides is 1. The molecule has 4 amide bonds. The summed E-state index contributed by atoms with van der Waals surface area (Å²) in [5.74, 6) is -1.70. The molecule has 1 aliphatic heterocycles. The molecule has 26 heavy (non-hydrogen) atoms. The van der Waals surface area contributed by atoms with Crippen molar-refractivity contribution in [1.82, 2.24) is 0 Å². The summed E-state index contributed by atoms with van der Waals surface area (Å²) >= 11 is 5.96. The number of nitrogens with two attached hydrogens (primary N) is 1. The van der Waals surface area contributed by atoms with Crippen LogP contribution in [-0.2, 0) is 9.59 Å². The summed E-state index contributed by atoms with van der Waals surface area (Å²) in [5, 5.41) is 2.76. The zero-order chi connectivity index (χ0) is 18.8. The van der Waals surface area contributed by atoms with Crippen LogP contribution in [0.15, 0.2) is 42.5 Å². The normalized spacial score (nSPS) is 13.8. The predicted octanol–water partition coefficient (Wildman–Crippen LogP) is 2.34. The molecule has 0 saturated carbocycles. The lowest BCUT2D eigenvalue weighted by Gasteiger charge is -2.15. The maximum absolute atomic E-state index is 12.4. The minimum atomic E-state index is -0.666. The number of hydrogen-bond acceptors (Lipinski definition) is 4. The lowest BCUT2D eigenvalue weighted by molar-refractivity contribution is -0.121. The Morgan fingerprint density at radius 1 is 1.04 bits per heavy atom. The van der Waals surface area contributed by atoms with Crippen molar-refractivity contribution in [2.45, 2.75) is 12.8 Å². The van der Waals surface area contributed by atoms with Crippen LogP contribution in [0.2, 0.25) is 5.02 Å². The van der Waals surface area contributed by atoms with Crippen LogP contribution in [0.3, 0.4) is 0 Å². The van der Waals surface area contributed by atoms with Crippen LogP contribution in [0, 0.1) is 0 Å². The molecule has 1 saturated heterocycles. The zero-order valence-electron chi connectivity index (χ0n) is 13.5. The van der Waals surface area contributed by atoms with Crippen LogP contribution in [-0.4, -0.2) is 23.6 Å². The first kappa shape index (κ1) is 17.6. The van der Waals surface area contributed by atoms with Crippen molar-refractivity contribution in [3.8, 4) is 0 Å². The number of rotatable bonds is 4. The van der Waals surface area contributed by atoms with Gasteiger partial charge in [0.05, 0.1) is 16.3 Å². The lowest BCUT2D eigenvalue weighted by Crippen LogP contribution is -2.28. The standard InChI is InChI=1S/C18H14ClN3O4/c19-14-9-11(4-5-13(14)17(20)25)21-18(26)10-2-1-3-12(8-10)22-15(23)6-7-16(22)24/h1-5,8-9H,6-7H2,(H2,20,25)(H,21,26). The molecule has 1 fully saturated rings.